The number of nitrogens with one attached hydrogen (secondary N) is 1. The maximum Gasteiger partial charge on any atom is 0.261 e. The van der Waals surface area contributed by atoms with E-state index in [2.05, 4.69) is 12.2 Å². The zero-order valence-corrected chi connectivity index (χ0v) is 11.7. The van der Waals surface area contributed by atoms with E-state index in [1.807, 2.05) is 39.0 Å². The highest BCUT2D eigenvalue weighted by Gasteiger charge is 2.17. The van der Waals surface area contributed by atoms with Crippen molar-refractivity contribution in [3.63, 3.8) is 0 Å². The van der Waals surface area contributed by atoms with Gasteiger partial charge in [-0.15, -0.1) is 0 Å². The summed E-state index contributed by atoms with van der Waals surface area (Å²) in [6.45, 7) is 8.79. The lowest BCUT2D eigenvalue weighted by Gasteiger charge is -2.17. The van der Waals surface area contributed by atoms with Crippen LogP contribution in [0.3, 0.4) is 0 Å². The van der Waals surface area contributed by atoms with E-state index in [0.29, 0.717) is 13.0 Å². The number of carbonyl (C=O) groups is 1. The molecule has 100 valence electrons. The first kappa shape index (κ1) is 14.6. The van der Waals surface area contributed by atoms with E-state index in [4.69, 9.17) is 4.74 Å². The van der Waals surface area contributed by atoms with E-state index < -0.39 is 6.10 Å². The third-order valence-corrected chi connectivity index (χ3v) is 2.97. The van der Waals surface area contributed by atoms with Gasteiger partial charge in [0.15, 0.2) is 6.10 Å². The third-order valence-electron chi connectivity index (χ3n) is 2.97. The van der Waals surface area contributed by atoms with Crippen molar-refractivity contribution in [3.05, 3.63) is 29.3 Å². The molecule has 0 saturated heterocycles. The molecule has 0 aromatic heterocycles. The van der Waals surface area contributed by atoms with Crippen LogP contribution in [-0.4, -0.2) is 18.6 Å². The molecule has 0 aliphatic carbocycles. The molecule has 1 aromatic carbocycles. The molecule has 0 heterocycles. The lowest BCUT2D eigenvalue weighted by Crippen LogP contribution is -2.38. The number of carbonyl (C=O) groups excluding carboxylic acids is 1. The summed E-state index contributed by atoms with van der Waals surface area (Å²) in [6.07, 6.45) is 1.20. The summed E-state index contributed by atoms with van der Waals surface area (Å²) in [7, 11) is 0. The minimum absolute atomic E-state index is 0.0300. The van der Waals surface area contributed by atoms with Crippen LogP contribution in [0.2, 0.25) is 0 Å². The Bertz CT molecular complexity index is 401. The van der Waals surface area contributed by atoms with Crippen LogP contribution in [0.15, 0.2) is 18.2 Å². The summed E-state index contributed by atoms with van der Waals surface area (Å²) in [5.41, 5.74) is 2.40. The SMILES string of the molecule is CCCNC(=O)C(CC)Oc1ccc(C)c(C)c1. The maximum absolute atomic E-state index is 11.9. The minimum atomic E-state index is -0.404. The summed E-state index contributed by atoms with van der Waals surface area (Å²) >= 11 is 0. The molecule has 1 N–H and O–H groups in total. The summed E-state index contributed by atoms with van der Waals surface area (Å²) in [5.74, 6) is 0.731. The smallest absolute Gasteiger partial charge is 0.261 e. The van der Waals surface area contributed by atoms with E-state index in [-0.39, 0.29) is 5.91 Å². The molecule has 1 rings (SSSR count). The molecular weight excluding hydrogens is 226 g/mol. The van der Waals surface area contributed by atoms with Crippen molar-refractivity contribution in [2.75, 3.05) is 6.54 Å². The number of ether oxygens (including phenoxy) is 1. The molecule has 0 fully saturated rings. The fourth-order valence-electron chi connectivity index (χ4n) is 1.64. The normalized spacial score (nSPS) is 12.0. The highest BCUT2D eigenvalue weighted by atomic mass is 16.5. The molecule has 1 atom stereocenters. The number of rotatable bonds is 6. The van der Waals surface area contributed by atoms with Gasteiger partial charge >= 0.3 is 0 Å². The average Bonchev–Trinajstić information content (AvgIpc) is 2.37. The Morgan fingerprint density at radius 3 is 2.56 bits per heavy atom. The van der Waals surface area contributed by atoms with Crippen molar-refractivity contribution >= 4 is 5.91 Å². The Morgan fingerprint density at radius 2 is 2.00 bits per heavy atom. The van der Waals surface area contributed by atoms with Crippen LogP contribution in [0.5, 0.6) is 5.75 Å². The van der Waals surface area contributed by atoms with E-state index in [1.165, 1.54) is 11.1 Å². The molecule has 0 spiro atoms. The molecule has 0 saturated carbocycles. The van der Waals surface area contributed by atoms with Gasteiger partial charge in [-0.05, 0) is 49.9 Å². The van der Waals surface area contributed by atoms with Gasteiger partial charge in [-0.25, -0.2) is 0 Å². The molecule has 0 bridgehead atoms. The average molecular weight is 249 g/mol. The molecule has 1 unspecified atom stereocenters. The Morgan fingerprint density at radius 1 is 1.28 bits per heavy atom. The first-order valence-electron chi connectivity index (χ1n) is 6.60. The van der Waals surface area contributed by atoms with Crippen LogP contribution >= 0.6 is 0 Å². The van der Waals surface area contributed by atoms with Gasteiger partial charge in [0.1, 0.15) is 5.75 Å². The number of benzene rings is 1. The predicted molar refractivity (Wildman–Crippen MR) is 73.9 cm³/mol. The quantitative estimate of drug-likeness (QED) is 0.841. The van der Waals surface area contributed by atoms with Crippen molar-refractivity contribution < 1.29 is 9.53 Å². The molecule has 1 amide bonds. The van der Waals surface area contributed by atoms with E-state index >= 15 is 0 Å². The monoisotopic (exact) mass is 249 g/mol. The molecule has 0 aliphatic heterocycles. The van der Waals surface area contributed by atoms with Gasteiger partial charge in [-0.3, -0.25) is 4.79 Å². The number of hydrogen-bond donors (Lipinski definition) is 1. The van der Waals surface area contributed by atoms with Crippen LogP contribution in [0.4, 0.5) is 0 Å². The van der Waals surface area contributed by atoms with Gasteiger partial charge in [0.05, 0.1) is 0 Å². The van der Waals surface area contributed by atoms with Crippen molar-refractivity contribution in [3.8, 4) is 5.75 Å². The Balaban J connectivity index is 2.67. The van der Waals surface area contributed by atoms with Crippen LogP contribution in [0, 0.1) is 13.8 Å². The lowest BCUT2D eigenvalue weighted by atomic mass is 10.1. The molecule has 0 aliphatic rings. The topological polar surface area (TPSA) is 38.3 Å². The van der Waals surface area contributed by atoms with E-state index in [9.17, 15) is 4.79 Å². The first-order chi connectivity index (χ1) is 8.58. The summed E-state index contributed by atoms with van der Waals surface area (Å²) in [5, 5.41) is 2.87. The van der Waals surface area contributed by atoms with Gasteiger partial charge < -0.3 is 10.1 Å². The van der Waals surface area contributed by atoms with Crippen molar-refractivity contribution in [2.45, 2.75) is 46.6 Å². The highest BCUT2D eigenvalue weighted by molar-refractivity contribution is 5.81. The molecule has 3 heteroatoms. The second-order valence-corrected chi connectivity index (χ2v) is 4.55. The second-order valence-electron chi connectivity index (χ2n) is 4.55. The molecule has 18 heavy (non-hydrogen) atoms. The van der Waals surface area contributed by atoms with Gasteiger partial charge in [-0.1, -0.05) is 19.9 Å². The largest absolute Gasteiger partial charge is 0.481 e. The fourth-order valence-corrected chi connectivity index (χ4v) is 1.64. The van der Waals surface area contributed by atoms with Crippen molar-refractivity contribution in [1.82, 2.24) is 5.32 Å². The van der Waals surface area contributed by atoms with E-state index in [1.54, 1.807) is 0 Å². The lowest BCUT2D eigenvalue weighted by molar-refractivity contribution is -0.128. The van der Waals surface area contributed by atoms with Crippen LogP contribution in [0.1, 0.15) is 37.8 Å². The van der Waals surface area contributed by atoms with Crippen LogP contribution in [0.25, 0.3) is 0 Å². The Labute approximate surface area is 110 Å². The predicted octanol–water partition coefficient (Wildman–Crippen LogP) is 2.99. The zero-order valence-electron chi connectivity index (χ0n) is 11.7. The highest BCUT2D eigenvalue weighted by Crippen LogP contribution is 2.18. The number of amides is 1. The molecular formula is C15H23NO2. The summed E-state index contributed by atoms with van der Waals surface area (Å²) in [6, 6.07) is 5.91. The standard InChI is InChI=1S/C15H23NO2/c1-5-9-16-15(17)14(6-2)18-13-8-7-11(3)12(4)10-13/h7-8,10,14H,5-6,9H2,1-4H3,(H,16,17). The first-order valence-corrected chi connectivity index (χ1v) is 6.60. The van der Waals surface area contributed by atoms with E-state index in [0.717, 1.165) is 12.2 Å². The fraction of sp³-hybridized carbons (Fsp3) is 0.533. The maximum atomic E-state index is 11.9. The third kappa shape index (κ3) is 4.06. The van der Waals surface area contributed by atoms with Crippen molar-refractivity contribution in [1.29, 1.82) is 0 Å². The van der Waals surface area contributed by atoms with Gasteiger partial charge in [0, 0.05) is 6.54 Å². The summed E-state index contributed by atoms with van der Waals surface area (Å²) in [4.78, 5) is 11.9. The second kappa shape index (κ2) is 7.04. The molecule has 1 aromatic rings. The Kier molecular flexibility index (Phi) is 5.69. The Hall–Kier alpha value is -1.51. The van der Waals surface area contributed by atoms with Crippen molar-refractivity contribution in [2.24, 2.45) is 0 Å². The summed E-state index contributed by atoms with van der Waals surface area (Å²) < 4.78 is 5.75. The van der Waals surface area contributed by atoms with Gasteiger partial charge in [-0.2, -0.15) is 0 Å². The van der Waals surface area contributed by atoms with Gasteiger partial charge in [0.2, 0.25) is 0 Å². The van der Waals surface area contributed by atoms with Crippen LogP contribution < -0.4 is 10.1 Å². The number of hydrogen-bond acceptors (Lipinski definition) is 2. The zero-order chi connectivity index (χ0) is 13.5. The minimum Gasteiger partial charge on any atom is -0.481 e. The number of aryl methyl sites for hydroxylation is 2. The van der Waals surface area contributed by atoms with Crippen LogP contribution in [-0.2, 0) is 4.79 Å². The molecule has 0 radical (unpaired) electrons. The molecule has 3 nitrogen and oxygen atoms in total. The van der Waals surface area contributed by atoms with Gasteiger partial charge in [0.25, 0.3) is 5.91 Å².